The van der Waals surface area contributed by atoms with Crippen molar-refractivity contribution in [3.05, 3.63) is 40.8 Å². The number of piperazine rings is 1. The maximum absolute atomic E-state index is 14.4. The number of benzene rings is 1. The second-order valence-corrected chi connectivity index (χ2v) is 9.83. The zero-order valence-electron chi connectivity index (χ0n) is 21.7. The molecule has 0 radical (unpaired) electrons. The van der Waals surface area contributed by atoms with E-state index in [4.69, 9.17) is 9.72 Å². The Bertz CT molecular complexity index is 1130. The molecule has 2 aromatic rings. The summed E-state index contributed by atoms with van der Waals surface area (Å²) in [5, 5.41) is 3.37. The van der Waals surface area contributed by atoms with Crippen molar-refractivity contribution in [2.45, 2.75) is 59.7 Å². The van der Waals surface area contributed by atoms with Gasteiger partial charge in [-0.15, -0.1) is 0 Å². The molecule has 0 unspecified atom stereocenters. The monoisotopic (exact) mass is 498 g/mol. The number of halogens is 1. The zero-order valence-corrected chi connectivity index (χ0v) is 21.7. The standard InChI is InChI=1S/C26H35FN6O3/c1-16(2)33-15-20-23(25(33)35)29-26(32-12-10-31(11-13-32)18(5)34)30-24(20)28-9-8-19-6-7-22(21(27)14-19)36-17(3)4/h6-7,14,16-17H,8-13,15H2,1-5H3,(H,28,29,30). The molecule has 1 saturated heterocycles. The Kier molecular flexibility index (Phi) is 7.61. The van der Waals surface area contributed by atoms with Gasteiger partial charge >= 0.3 is 0 Å². The van der Waals surface area contributed by atoms with Crippen molar-refractivity contribution in [3.8, 4) is 5.75 Å². The Labute approximate surface area is 211 Å². The summed E-state index contributed by atoms with van der Waals surface area (Å²) in [6, 6.07) is 5.05. The number of nitrogens with one attached hydrogen (secondary N) is 1. The highest BCUT2D eigenvalue weighted by Gasteiger charge is 2.35. The number of hydrogen-bond acceptors (Lipinski definition) is 7. The minimum absolute atomic E-state index is 0.0386. The molecule has 2 aliphatic rings. The van der Waals surface area contributed by atoms with Crippen LogP contribution in [-0.4, -0.2) is 76.5 Å². The first-order valence-corrected chi connectivity index (χ1v) is 12.5. The van der Waals surface area contributed by atoms with Gasteiger partial charge in [0.15, 0.2) is 11.6 Å². The second kappa shape index (κ2) is 10.7. The lowest BCUT2D eigenvalue weighted by molar-refractivity contribution is -0.129. The van der Waals surface area contributed by atoms with Crippen LogP contribution in [0.25, 0.3) is 0 Å². The van der Waals surface area contributed by atoms with E-state index >= 15 is 0 Å². The predicted molar refractivity (Wildman–Crippen MR) is 136 cm³/mol. The highest BCUT2D eigenvalue weighted by molar-refractivity contribution is 5.98. The molecule has 4 rings (SSSR count). The number of hydrogen-bond donors (Lipinski definition) is 1. The minimum atomic E-state index is -0.380. The molecule has 0 aliphatic carbocycles. The molecule has 0 saturated carbocycles. The van der Waals surface area contributed by atoms with Crippen LogP contribution in [-0.2, 0) is 17.8 Å². The van der Waals surface area contributed by atoms with Crippen LogP contribution in [0.3, 0.4) is 0 Å². The van der Waals surface area contributed by atoms with E-state index in [2.05, 4.69) is 10.3 Å². The van der Waals surface area contributed by atoms with E-state index in [1.807, 2.05) is 38.7 Å². The summed E-state index contributed by atoms with van der Waals surface area (Å²) < 4.78 is 19.9. The molecular formula is C26H35FN6O3. The molecule has 0 atom stereocenters. The van der Waals surface area contributed by atoms with E-state index in [1.54, 1.807) is 22.8 Å². The van der Waals surface area contributed by atoms with Gasteiger partial charge in [0.05, 0.1) is 12.6 Å². The Balaban J connectivity index is 1.52. The molecule has 194 valence electrons. The number of anilines is 2. The van der Waals surface area contributed by atoms with Crippen molar-refractivity contribution in [2.75, 3.05) is 42.9 Å². The molecule has 10 heteroatoms. The average molecular weight is 499 g/mol. The maximum Gasteiger partial charge on any atom is 0.273 e. The third-order valence-corrected chi connectivity index (χ3v) is 6.48. The molecule has 2 amide bonds. The summed E-state index contributed by atoms with van der Waals surface area (Å²) in [5.74, 6) is 0.929. The fourth-order valence-electron chi connectivity index (χ4n) is 4.48. The van der Waals surface area contributed by atoms with Crippen LogP contribution in [0.2, 0.25) is 0 Å². The normalized spacial score (nSPS) is 15.7. The van der Waals surface area contributed by atoms with Gasteiger partial charge in [-0.25, -0.2) is 9.37 Å². The highest BCUT2D eigenvalue weighted by atomic mass is 19.1. The van der Waals surface area contributed by atoms with Crippen molar-refractivity contribution in [3.63, 3.8) is 0 Å². The number of carbonyl (C=O) groups is 2. The van der Waals surface area contributed by atoms with Crippen LogP contribution in [0.1, 0.15) is 56.2 Å². The zero-order chi connectivity index (χ0) is 26.0. The molecular weight excluding hydrogens is 463 g/mol. The summed E-state index contributed by atoms with van der Waals surface area (Å²) in [4.78, 5) is 39.8. The Morgan fingerprint density at radius 1 is 1.14 bits per heavy atom. The van der Waals surface area contributed by atoms with Crippen LogP contribution in [0, 0.1) is 5.82 Å². The quantitative estimate of drug-likeness (QED) is 0.598. The van der Waals surface area contributed by atoms with Gasteiger partial charge in [0, 0.05) is 51.3 Å². The predicted octanol–water partition coefficient (Wildman–Crippen LogP) is 3.09. The number of amides is 2. The Morgan fingerprint density at radius 3 is 2.47 bits per heavy atom. The minimum Gasteiger partial charge on any atom is -0.488 e. The van der Waals surface area contributed by atoms with Gasteiger partial charge in [-0.05, 0) is 51.8 Å². The van der Waals surface area contributed by atoms with Crippen molar-refractivity contribution in [1.29, 1.82) is 0 Å². The van der Waals surface area contributed by atoms with Crippen LogP contribution in [0.15, 0.2) is 18.2 Å². The molecule has 0 spiro atoms. The van der Waals surface area contributed by atoms with E-state index in [9.17, 15) is 14.0 Å². The van der Waals surface area contributed by atoms with E-state index < -0.39 is 0 Å². The van der Waals surface area contributed by atoms with E-state index in [0.29, 0.717) is 63.1 Å². The van der Waals surface area contributed by atoms with Crippen molar-refractivity contribution < 1.29 is 18.7 Å². The molecule has 1 aromatic carbocycles. The van der Waals surface area contributed by atoms with Gasteiger partial charge in [-0.3, -0.25) is 9.59 Å². The molecule has 0 bridgehead atoms. The lowest BCUT2D eigenvalue weighted by Crippen LogP contribution is -2.48. The third-order valence-electron chi connectivity index (χ3n) is 6.48. The number of ether oxygens (including phenoxy) is 1. The van der Waals surface area contributed by atoms with Crippen molar-refractivity contribution in [2.24, 2.45) is 0 Å². The summed E-state index contributed by atoms with van der Waals surface area (Å²) in [7, 11) is 0. The van der Waals surface area contributed by atoms with Crippen LogP contribution < -0.4 is 15.0 Å². The van der Waals surface area contributed by atoms with Crippen LogP contribution >= 0.6 is 0 Å². The van der Waals surface area contributed by atoms with Crippen LogP contribution in [0.5, 0.6) is 5.75 Å². The molecule has 36 heavy (non-hydrogen) atoms. The van der Waals surface area contributed by atoms with E-state index in [1.165, 1.54) is 6.07 Å². The average Bonchev–Trinajstić information content (AvgIpc) is 3.17. The second-order valence-electron chi connectivity index (χ2n) is 9.83. The fourth-order valence-corrected chi connectivity index (χ4v) is 4.48. The lowest BCUT2D eigenvalue weighted by atomic mass is 10.1. The van der Waals surface area contributed by atoms with Crippen molar-refractivity contribution >= 4 is 23.6 Å². The summed E-state index contributed by atoms with van der Waals surface area (Å²) in [5.41, 5.74) is 2.04. The molecule has 2 aliphatic heterocycles. The molecule has 1 fully saturated rings. The van der Waals surface area contributed by atoms with Gasteiger partial charge < -0.3 is 24.8 Å². The molecule has 3 heterocycles. The summed E-state index contributed by atoms with van der Waals surface area (Å²) in [6.07, 6.45) is 0.478. The Morgan fingerprint density at radius 2 is 1.86 bits per heavy atom. The fraction of sp³-hybridized carbons (Fsp3) is 0.538. The molecule has 1 N–H and O–H groups in total. The van der Waals surface area contributed by atoms with Gasteiger partial charge in [-0.2, -0.15) is 4.98 Å². The van der Waals surface area contributed by atoms with Gasteiger partial charge in [0.2, 0.25) is 11.9 Å². The number of rotatable bonds is 8. The molecule has 1 aromatic heterocycles. The highest BCUT2D eigenvalue weighted by Crippen LogP contribution is 2.31. The smallest absolute Gasteiger partial charge is 0.273 e. The first-order chi connectivity index (χ1) is 17.1. The summed E-state index contributed by atoms with van der Waals surface area (Å²) in [6.45, 7) is 12.6. The van der Waals surface area contributed by atoms with Gasteiger partial charge in [0.25, 0.3) is 5.91 Å². The van der Waals surface area contributed by atoms with E-state index in [-0.39, 0.29) is 35.5 Å². The topological polar surface area (TPSA) is 90.9 Å². The SMILES string of the molecule is CC(=O)N1CCN(c2nc(NCCc3ccc(OC(C)C)c(F)c3)c3c(n2)C(=O)N(C(C)C)C3)CC1. The van der Waals surface area contributed by atoms with Gasteiger partial charge in [0.1, 0.15) is 11.5 Å². The molecule has 9 nitrogen and oxygen atoms in total. The maximum atomic E-state index is 14.4. The van der Waals surface area contributed by atoms with E-state index in [0.717, 1.165) is 11.1 Å². The summed E-state index contributed by atoms with van der Waals surface area (Å²) >= 11 is 0. The largest absolute Gasteiger partial charge is 0.488 e. The number of fused-ring (bicyclic) bond motifs is 1. The van der Waals surface area contributed by atoms with Crippen molar-refractivity contribution in [1.82, 2.24) is 19.8 Å². The first kappa shape index (κ1) is 25.7. The van der Waals surface area contributed by atoms with Crippen LogP contribution in [0.4, 0.5) is 16.2 Å². The lowest BCUT2D eigenvalue weighted by Gasteiger charge is -2.34. The Hall–Kier alpha value is -3.43. The number of carbonyl (C=O) groups excluding carboxylic acids is 2. The number of aromatic nitrogens is 2. The number of nitrogens with zero attached hydrogens (tertiary/aromatic N) is 5. The van der Waals surface area contributed by atoms with Gasteiger partial charge in [-0.1, -0.05) is 6.07 Å². The first-order valence-electron chi connectivity index (χ1n) is 12.5. The third kappa shape index (κ3) is 5.52.